The van der Waals surface area contributed by atoms with Crippen LogP contribution >= 0.6 is 11.3 Å². The number of ether oxygens (including phenoxy) is 1. The van der Waals surface area contributed by atoms with Gasteiger partial charge in [0.25, 0.3) is 5.91 Å². The van der Waals surface area contributed by atoms with Crippen LogP contribution in [0.15, 0.2) is 70.5 Å². The van der Waals surface area contributed by atoms with Crippen molar-refractivity contribution in [2.75, 3.05) is 11.9 Å². The molecule has 2 aromatic heterocycles. The number of rotatable bonds is 5. The monoisotopic (exact) mass is 391 g/mol. The molecule has 0 radical (unpaired) electrons. The van der Waals surface area contributed by atoms with Crippen LogP contribution in [0.25, 0.3) is 22.1 Å². The van der Waals surface area contributed by atoms with E-state index in [0.29, 0.717) is 16.1 Å². The summed E-state index contributed by atoms with van der Waals surface area (Å²) in [4.78, 5) is 25.3. The van der Waals surface area contributed by atoms with Crippen LogP contribution in [0, 0.1) is 0 Å². The largest absolute Gasteiger partial charge is 0.462 e. The van der Waals surface area contributed by atoms with E-state index in [1.165, 1.54) is 11.3 Å². The first-order valence-electron chi connectivity index (χ1n) is 8.81. The molecule has 0 unspecified atom stereocenters. The van der Waals surface area contributed by atoms with Crippen LogP contribution in [-0.2, 0) is 4.74 Å². The van der Waals surface area contributed by atoms with Crippen LogP contribution in [0.1, 0.15) is 27.8 Å². The number of benzene rings is 2. The highest BCUT2D eigenvalue weighted by Gasteiger charge is 2.24. The van der Waals surface area contributed by atoms with Crippen molar-refractivity contribution in [2.24, 2.45) is 0 Å². The summed E-state index contributed by atoms with van der Waals surface area (Å²) in [6.07, 6.45) is 0. The Morgan fingerprint density at radius 3 is 2.57 bits per heavy atom. The van der Waals surface area contributed by atoms with Crippen molar-refractivity contribution < 1.29 is 18.7 Å². The molecule has 4 aromatic rings. The number of amides is 1. The second-order valence-corrected chi connectivity index (χ2v) is 6.92. The van der Waals surface area contributed by atoms with Crippen LogP contribution in [0.2, 0.25) is 0 Å². The third kappa shape index (κ3) is 3.42. The van der Waals surface area contributed by atoms with Crippen molar-refractivity contribution >= 4 is 39.2 Å². The van der Waals surface area contributed by atoms with Gasteiger partial charge in [-0.05, 0) is 24.6 Å². The molecule has 0 aliphatic carbocycles. The molecule has 2 heterocycles. The molecule has 1 N–H and O–H groups in total. The average Bonchev–Trinajstić information content (AvgIpc) is 3.33. The number of fused-ring (bicyclic) bond motifs is 1. The van der Waals surface area contributed by atoms with Gasteiger partial charge in [0.2, 0.25) is 0 Å². The summed E-state index contributed by atoms with van der Waals surface area (Å²) in [5.41, 5.74) is 2.59. The van der Waals surface area contributed by atoms with E-state index in [9.17, 15) is 9.59 Å². The predicted molar refractivity (Wildman–Crippen MR) is 110 cm³/mol. The van der Waals surface area contributed by atoms with Gasteiger partial charge in [-0.1, -0.05) is 48.5 Å². The second-order valence-electron chi connectivity index (χ2n) is 6.04. The number of carbonyl (C=O) groups excluding carboxylic acids is 2. The minimum absolute atomic E-state index is 0.186. The number of anilines is 1. The lowest BCUT2D eigenvalue weighted by atomic mass is 10.0. The lowest BCUT2D eigenvalue weighted by molar-refractivity contribution is 0.0529. The molecule has 28 heavy (non-hydrogen) atoms. The summed E-state index contributed by atoms with van der Waals surface area (Å²) in [7, 11) is 0. The minimum Gasteiger partial charge on any atom is -0.462 e. The highest BCUT2D eigenvalue weighted by molar-refractivity contribution is 7.15. The van der Waals surface area contributed by atoms with Gasteiger partial charge in [0.1, 0.15) is 16.1 Å². The molecule has 4 rings (SSSR count). The molecule has 2 aromatic carbocycles. The van der Waals surface area contributed by atoms with E-state index in [1.807, 2.05) is 53.9 Å². The third-order valence-corrected chi connectivity index (χ3v) is 5.13. The van der Waals surface area contributed by atoms with Gasteiger partial charge >= 0.3 is 5.97 Å². The van der Waals surface area contributed by atoms with Crippen molar-refractivity contribution in [1.82, 2.24) is 0 Å². The van der Waals surface area contributed by atoms with Crippen molar-refractivity contribution in [3.05, 3.63) is 77.4 Å². The lowest BCUT2D eigenvalue weighted by Crippen LogP contribution is -2.14. The fourth-order valence-electron chi connectivity index (χ4n) is 2.94. The highest BCUT2D eigenvalue weighted by Crippen LogP contribution is 2.36. The van der Waals surface area contributed by atoms with E-state index in [2.05, 4.69) is 5.32 Å². The fourth-order valence-corrected chi connectivity index (χ4v) is 3.90. The molecule has 0 aliphatic rings. The van der Waals surface area contributed by atoms with Gasteiger partial charge in [-0.15, -0.1) is 11.3 Å². The fraction of sp³-hybridized carbons (Fsp3) is 0.0909. The van der Waals surface area contributed by atoms with Crippen molar-refractivity contribution in [1.29, 1.82) is 0 Å². The number of hydrogen-bond acceptors (Lipinski definition) is 5. The summed E-state index contributed by atoms with van der Waals surface area (Å²) in [5, 5.41) is 5.92. The molecule has 0 aliphatic heterocycles. The van der Waals surface area contributed by atoms with Gasteiger partial charge in [-0.2, -0.15) is 0 Å². The van der Waals surface area contributed by atoms with E-state index >= 15 is 0 Å². The normalized spacial score (nSPS) is 10.8. The smallest absolute Gasteiger partial charge is 0.341 e. The first-order chi connectivity index (χ1) is 13.7. The molecular weight excluding hydrogens is 374 g/mol. The Bertz CT molecular complexity index is 1110. The molecule has 6 heteroatoms. The Morgan fingerprint density at radius 1 is 1.07 bits per heavy atom. The van der Waals surface area contributed by atoms with Gasteiger partial charge in [-0.25, -0.2) is 4.79 Å². The van der Waals surface area contributed by atoms with Crippen LogP contribution < -0.4 is 5.32 Å². The van der Waals surface area contributed by atoms with Gasteiger partial charge in [0.05, 0.1) is 6.61 Å². The quantitative estimate of drug-likeness (QED) is 0.450. The molecule has 0 spiro atoms. The summed E-state index contributed by atoms with van der Waals surface area (Å²) in [5.74, 6) is -0.698. The van der Waals surface area contributed by atoms with Crippen molar-refractivity contribution in [3.63, 3.8) is 0 Å². The zero-order valence-electron chi connectivity index (χ0n) is 15.1. The number of carbonyl (C=O) groups is 2. The maximum atomic E-state index is 12.7. The van der Waals surface area contributed by atoms with Crippen LogP contribution in [-0.4, -0.2) is 18.5 Å². The van der Waals surface area contributed by atoms with Crippen molar-refractivity contribution in [2.45, 2.75) is 6.92 Å². The Morgan fingerprint density at radius 2 is 1.82 bits per heavy atom. The van der Waals surface area contributed by atoms with Gasteiger partial charge in [0.15, 0.2) is 5.76 Å². The van der Waals surface area contributed by atoms with Crippen LogP contribution in [0.4, 0.5) is 5.00 Å². The number of para-hydroxylation sites is 1. The molecule has 0 saturated carbocycles. The van der Waals surface area contributed by atoms with Gasteiger partial charge in [-0.3, -0.25) is 4.79 Å². The summed E-state index contributed by atoms with van der Waals surface area (Å²) >= 11 is 1.28. The topological polar surface area (TPSA) is 68.5 Å². The van der Waals surface area contributed by atoms with Crippen LogP contribution in [0.5, 0.6) is 0 Å². The summed E-state index contributed by atoms with van der Waals surface area (Å²) < 4.78 is 10.8. The van der Waals surface area contributed by atoms with E-state index < -0.39 is 11.9 Å². The third-order valence-electron chi connectivity index (χ3n) is 4.23. The number of furan rings is 1. The number of nitrogens with one attached hydrogen (secondary N) is 1. The molecule has 5 nitrogen and oxygen atoms in total. The Kier molecular flexibility index (Phi) is 4.95. The summed E-state index contributed by atoms with van der Waals surface area (Å²) in [6, 6.07) is 18.6. The highest BCUT2D eigenvalue weighted by atomic mass is 32.1. The number of hydrogen-bond donors (Lipinski definition) is 1. The molecule has 0 atom stereocenters. The zero-order valence-corrected chi connectivity index (χ0v) is 15.9. The average molecular weight is 391 g/mol. The van der Waals surface area contributed by atoms with Crippen LogP contribution in [0.3, 0.4) is 0 Å². The Balaban J connectivity index is 1.69. The van der Waals surface area contributed by atoms with E-state index in [1.54, 1.807) is 19.1 Å². The molecule has 0 fully saturated rings. The molecule has 0 saturated heterocycles. The Hall–Kier alpha value is -3.38. The second kappa shape index (κ2) is 7.70. The number of thiophene rings is 1. The maximum Gasteiger partial charge on any atom is 0.341 e. The molecular formula is C22H17NO4S. The molecule has 140 valence electrons. The standard InChI is InChI=1S/C22H17NO4S/c1-2-26-22(25)19-16(14-8-4-3-5-9-14)13-28-21(19)23-20(24)18-12-15-10-6-7-11-17(15)27-18/h3-13H,2H2,1H3,(H,23,24). The van der Waals surface area contributed by atoms with Gasteiger partial charge < -0.3 is 14.5 Å². The first-order valence-corrected chi connectivity index (χ1v) is 9.69. The molecule has 0 bridgehead atoms. The maximum absolute atomic E-state index is 12.7. The first kappa shape index (κ1) is 18.0. The minimum atomic E-state index is -0.470. The molecule has 1 amide bonds. The Labute approximate surface area is 165 Å². The SMILES string of the molecule is CCOC(=O)c1c(-c2ccccc2)csc1NC(=O)c1cc2ccccc2o1. The van der Waals surface area contributed by atoms with Crippen molar-refractivity contribution in [3.8, 4) is 11.1 Å². The van der Waals surface area contributed by atoms with Gasteiger partial charge in [0, 0.05) is 16.3 Å². The van der Waals surface area contributed by atoms with E-state index in [4.69, 9.17) is 9.15 Å². The number of esters is 1. The predicted octanol–water partition coefficient (Wildman–Crippen LogP) is 5.59. The van der Waals surface area contributed by atoms with E-state index in [-0.39, 0.29) is 12.4 Å². The lowest BCUT2D eigenvalue weighted by Gasteiger charge is -2.08. The van der Waals surface area contributed by atoms with E-state index in [0.717, 1.165) is 16.5 Å². The summed E-state index contributed by atoms with van der Waals surface area (Å²) in [6.45, 7) is 2.00. The zero-order chi connectivity index (χ0) is 19.5.